The first kappa shape index (κ1) is 14.5. The monoisotopic (exact) mass is 312 g/mol. The molecule has 0 atom stereocenters. The average molecular weight is 312 g/mol. The Morgan fingerprint density at radius 3 is 2.87 bits per heavy atom. The largest absolute Gasteiger partial charge is 0.496 e. The SMILES string of the molecule is COc1ccc(NC(=O)c2ccc3nc[nH]c3c2)c([N+](=O)[O-])c1. The third kappa shape index (κ3) is 2.82. The predicted octanol–water partition coefficient (Wildman–Crippen LogP) is 2.73. The molecule has 2 N–H and O–H groups in total. The second-order valence-electron chi connectivity index (χ2n) is 4.73. The topological polar surface area (TPSA) is 110 Å². The molecule has 1 amide bonds. The van der Waals surface area contributed by atoms with Gasteiger partial charge in [-0.2, -0.15) is 0 Å². The minimum Gasteiger partial charge on any atom is -0.496 e. The highest BCUT2D eigenvalue weighted by atomic mass is 16.6. The van der Waals surface area contributed by atoms with E-state index < -0.39 is 10.8 Å². The van der Waals surface area contributed by atoms with E-state index in [9.17, 15) is 14.9 Å². The van der Waals surface area contributed by atoms with Gasteiger partial charge < -0.3 is 15.0 Å². The first-order valence-corrected chi connectivity index (χ1v) is 6.65. The summed E-state index contributed by atoms with van der Waals surface area (Å²) in [5, 5.41) is 13.7. The average Bonchev–Trinajstić information content (AvgIpc) is 3.02. The maximum Gasteiger partial charge on any atom is 0.296 e. The fourth-order valence-electron chi connectivity index (χ4n) is 2.17. The number of nitro groups is 1. The fourth-order valence-corrected chi connectivity index (χ4v) is 2.17. The number of hydrogen-bond donors (Lipinski definition) is 2. The lowest BCUT2D eigenvalue weighted by molar-refractivity contribution is -0.384. The number of fused-ring (bicyclic) bond motifs is 1. The van der Waals surface area contributed by atoms with Gasteiger partial charge in [0.05, 0.1) is 35.5 Å². The number of H-pyrrole nitrogens is 1. The van der Waals surface area contributed by atoms with Crippen molar-refractivity contribution in [3.05, 3.63) is 58.4 Å². The van der Waals surface area contributed by atoms with Gasteiger partial charge in [-0.1, -0.05) is 0 Å². The normalized spacial score (nSPS) is 10.5. The summed E-state index contributed by atoms with van der Waals surface area (Å²) in [6.07, 6.45) is 1.53. The number of aromatic amines is 1. The van der Waals surface area contributed by atoms with Gasteiger partial charge in [0.15, 0.2) is 0 Å². The van der Waals surface area contributed by atoms with Crippen molar-refractivity contribution in [1.82, 2.24) is 9.97 Å². The summed E-state index contributed by atoms with van der Waals surface area (Å²) >= 11 is 0. The number of benzene rings is 2. The van der Waals surface area contributed by atoms with E-state index in [-0.39, 0.29) is 11.4 Å². The van der Waals surface area contributed by atoms with Gasteiger partial charge in [0.25, 0.3) is 11.6 Å². The number of rotatable bonds is 4. The van der Waals surface area contributed by atoms with Crippen molar-refractivity contribution in [2.75, 3.05) is 12.4 Å². The zero-order valence-electron chi connectivity index (χ0n) is 12.1. The number of amides is 1. The number of nitrogens with one attached hydrogen (secondary N) is 2. The molecule has 8 nitrogen and oxygen atoms in total. The van der Waals surface area contributed by atoms with Crippen LogP contribution in [0, 0.1) is 10.1 Å². The third-order valence-corrected chi connectivity index (χ3v) is 3.33. The Morgan fingerprint density at radius 1 is 1.30 bits per heavy atom. The second kappa shape index (κ2) is 5.76. The number of nitro benzene ring substituents is 1. The molecule has 0 unspecified atom stereocenters. The highest BCUT2D eigenvalue weighted by Gasteiger charge is 2.18. The molecule has 2 aromatic carbocycles. The van der Waals surface area contributed by atoms with Crippen LogP contribution in [0.4, 0.5) is 11.4 Å². The molecule has 0 bridgehead atoms. The van der Waals surface area contributed by atoms with E-state index in [1.54, 1.807) is 24.3 Å². The van der Waals surface area contributed by atoms with E-state index in [0.29, 0.717) is 16.8 Å². The summed E-state index contributed by atoms with van der Waals surface area (Å²) in [5.41, 5.74) is 1.68. The zero-order chi connectivity index (χ0) is 16.4. The van der Waals surface area contributed by atoms with Crippen molar-refractivity contribution in [2.45, 2.75) is 0 Å². The maximum atomic E-state index is 12.3. The number of carbonyl (C=O) groups excluding carboxylic acids is 1. The number of methoxy groups -OCH3 is 1. The molecule has 3 rings (SSSR count). The molecule has 1 aromatic heterocycles. The summed E-state index contributed by atoms with van der Waals surface area (Å²) < 4.78 is 4.96. The number of hydrogen-bond acceptors (Lipinski definition) is 5. The van der Waals surface area contributed by atoms with Gasteiger partial charge in [-0.15, -0.1) is 0 Å². The summed E-state index contributed by atoms with van der Waals surface area (Å²) in [5.74, 6) is -0.108. The second-order valence-corrected chi connectivity index (χ2v) is 4.73. The van der Waals surface area contributed by atoms with Crippen LogP contribution in [0.1, 0.15) is 10.4 Å². The summed E-state index contributed by atoms with van der Waals surface area (Å²) in [6.45, 7) is 0. The molecule has 0 aliphatic rings. The molecule has 0 saturated heterocycles. The van der Waals surface area contributed by atoms with Gasteiger partial charge in [-0.3, -0.25) is 14.9 Å². The van der Waals surface area contributed by atoms with E-state index >= 15 is 0 Å². The molecule has 1 heterocycles. The number of aromatic nitrogens is 2. The number of carbonyl (C=O) groups is 1. The van der Waals surface area contributed by atoms with Gasteiger partial charge in [0.1, 0.15) is 11.4 Å². The van der Waals surface area contributed by atoms with Gasteiger partial charge >= 0.3 is 0 Å². The Hall–Kier alpha value is -3.42. The van der Waals surface area contributed by atoms with Crippen molar-refractivity contribution >= 4 is 28.3 Å². The van der Waals surface area contributed by atoms with Crippen LogP contribution in [0.5, 0.6) is 5.75 Å². The van der Waals surface area contributed by atoms with Crippen LogP contribution in [0.3, 0.4) is 0 Å². The van der Waals surface area contributed by atoms with Crippen LogP contribution < -0.4 is 10.1 Å². The molecular formula is C15H12N4O4. The van der Waals surface area contributed by atoms with Gasteiger partial charge in [-0.25, -0.2) is 4.98 Å². The first-order chi connectivity index (χ1) is 11.1. The van der Waals surface area contributed by atoms with Crippen molar-refractivity contribution < 1.29 is 14.5 Å². The Balaban J connectivity index is 1.91. The van der Waals surface area contributed by atoms with Crippen LogP contribution in [0.2, 0.25) is 0 Å². The minimum atomic E-state index is -0.573. The molecule has 3 aromatic rings. The van der Waals surface area contributed by atoms with Gasteiger partial charge in [0.2, 0.25) is 0 Å². The fraction of sp³-hybridized carbons (Fsp3) is 0.0667. The van der Waals surface area contributed by atoms with Crippen molar-refractivity contribution in [2.24, 2.45) is 0 Å². The van der Waals surface area contributed by atoms with Crippen molar-refractivity contribution in [3.8, 4) is 5.75 Å². The molecule has 0 fully saturated rings. The lowest BCUT2D eigenvalue weighted by Crippen LogP contribution is -2.13. The maximum absolute atomic E-state index is 12.3. The van der Waals surface area contributed by atoms with Crippen LogP contribution in [-0.4, -0.2) is 27.9 Å². The number of imidazole rings is 1. The standard InChI is InChI=1S/C15H12N4O4/c1-23-10-3-5-12(14(7-10)19(21)22)18-15(20)9-2-4-11-13(6-9)17-8-16-11/h2-8H,1H3,(H,16,17)(H,18,20). The molecule has 116 valence electrons. The summed E-state index contributed by atoms with van der Waals surface area (Å²) in [7, 11) is 1.41. The van der Waals surface area contributed by atoms with E-state index in [4.69, 9.17) is 4.74 Å². The predicted molar refractivity (Wildman–Crippen MR) is 83.7 cm³/mol. The Bertz CT molecular complexity index is 903. The van der Waals surface area contributed by atoms with Gasteiger partial charge in [0, 0.05) is 5.56 Å². The molecule has 0 saturated carbocycles. The van der Waals surface area contributed by atoms with Crippen molar-refractivity contribution in [1.29, 1.82) is 0 Å². The molecule has 0 spiro atoms. The Morgan fingerprint density at radius 2 is 2.13 bits per heavy atom. The lowest BCUT2D eigenvalue weighted by Gasteiger charge is -2.07. The molecule has 23 heavy (non-hydrogen) atoms. The smallest absolute Gasteiger partial charge is 0.296 e. The number of anilines is 1. The van der Waals surface area contributed by atoms with Crippen LogP contribution in [0.15, 0.2) is 42.7 Å². The third-order valence-electron chi connectivity index (χ3n) is 3.33. The molecular weight excluding hydrogens is 300 g/mol. The highest BCUT2D eigenvalue weighted by molar-refractivity contribution is 6.06. The van der Waals surface area contributed by atoms with E-state index in [1.165, 1.54) is 25.6 Å². The highest BCUT2D eigenvalue weighted by Crippen LogP contribution is 2.29. The van der Waals surface area contributed by atoms with Crippen LogP contribution in [-0.2, 0) is 0 Å². The quantitative estimate of drug-likeness (QED) is 0.568. The van der Waals surface area contributed by atoms with E-state index in [2.05, 4.69) is 15.3 Å². The van der Waals surface area contributed by atoms with E-state index in [1.807, 2.05) is 0 Å². The first-order valence-electron chi connectivity index (χ1n) is 6.65. The molecule has 0 aliphatic carbocycles. The summed E-state index contributed by atoms with van der Waals surface area (Å²) in [6, 6.07) is 9.17. The summed E-state index contributed by atoms with van der Waals surface area (Å²) in [4.78, 5) is 29.8. The molecule has 8 heteroatoms. The van der Waals surface area contributed by atoms with Crippen molar-refractivity contribution in [3.63, 3.8) is 0 Å². The van der Waals surface area contributed by atoms with Crippen LogP contribution >= 0.6 is 0 Å². The number of nitrogens with zero attached hydrogens (tertiary/aromatic N) is 2. The molecule has 0 aliphatic heterocycles. The zero-order valence-corrected chi connectivity index (χ0v) is 12.1. The number of ether oxygens (including phenoxy) is 1. The van der Waals surface area contributed by atoms with Crippen LogP contribution in [0.25, 0.3) is 11.0 Å². The van der Waals surface area contributed by atoms with E-state index in [0.717, 1.165) is 5.52 Å². The molecule has 0 radical (unpaired) electrons. The lowest BCUT2D eigenvalue weighted by atomic mass is 10.1. The Labute approximate surface area is 130 Å². The Kier molecular flexibility index (Phi) is 3.63. The minimum absolute atomic E-state index is 0.102. The van der Waals surface area contributed by atoms with Gasteiger partial charge in [-0.05, 0) is 30.3 Å².